The Balaban J connectivity index is 2.46. The fourth-order valence-electron chi connectivity index (χ4n) is 1.09. The minimum atomic E-state index is -4.46. The molecule has 0 amide bonds. The molecule has 2 aromatic rings. The molecule has 0 aromatic carbocycles. The first-order valence-corrected chi connectivity index (χ1v) is 4.45. The Bertz CT molecular complexity index is 494. The van der Waals surface area contributed by atoms with Crippen LogP contribution >= 0.6 is 11.6 Å². The van der Waals surface area contributed by atoms with E-state index in [1.54, 1.807) is 0 Å². The summed E-state index contributed by atoms with van der Waals surface area (Å²) in [6.45, 7) is 0. The number of pyridine rings is 1. The molecule has 2 heterocycles. The summed E-state index contributed by atoms with van der Waals surface area (Å²) < 4.78 is 36.9. The third-order valence-electron chi connectivity index (χ3n) is 1.81. The molecule has 0 saturated heterocycles. The van der Waals surface area contributed by atoms with E-state index >= 15 is 0 Å². The lowest BCUT2D eigenvalue weighted by Crippen LogP contribution is -2.06. The van der Waals surface area contributed by atoms with Gasteiger partial charge >= 0.3 is 6.18 Å². The second-order valence-corrected chi connectivity index (χ2v) is 3.29. The normalized spacial score (nSPS) is 11.8. The van der Waals surface area contributed by atoms with Crippen molar-refractivity contribution < 1.29 is 13.2 Å². The lowest BCUT2D eigenvalue weighted by molar-refractivity contribution is -0.137. The molecular formula is C8H4ClF3N4. The van der Waals surface area contributed by atoms with Crippen molar-refractivity contribution in [1.29, 1.82) is 0 Å². The van der Waals surface area contributed by atoms with Crippen molar-refractivity contribution in [1.82, 2.24) is 20.2 Å². The summed E-state index contributed by atoms with van der Waals surface area (Å²) in [6.07, 6.45) is -2.55. The summed E-state index contributed by atoms with van der Waals surface area (Å²) in [7, 11) is 0. The van der Waals surface area contributed by atoms with Crippen LogP contribution in [0.2, 0.25) is 5.02 Å². The van der Waals surface area contributed by atoms with Crippen molar-refractivity contribution in [3.05, 3.63) is 29.2 Å². The molecule has 0 saturated carbocycles. The van der Waals surface area contributed by atoms with E-state index in [1.165, 1.54) is 6.33 Å². The van der Waals surface area contributed by atoms with Crippen molar-refractivity contribution in [3.8, 4) is 11.5 Å². The first kappa shape index (κ1) is 10.9. The SMILES string of the molecule is FC(F)(F)c1cnc(-c2ncn[nH]2)c(Cl)c1. The van der Waals surface area contributed by atoms with Gasteiger partial charge in [0.2, 0.25) is 0 Å². The molecule has 0 aliphatic carbocycles. The predicted molar refractivity (Wildman–Crippen MR) is 49.6 cm³/mol. The Morgan fingerprint density at radius 1 is 1.25 bits per heavy atom. The van der Waals surface area contributed by atoms with Gasteiger partial charge in [0.1, 0.15) is 12.0 Å². The largest absolute Gasteiger partial charge is 0.417 e. The molecule has 0 aliphatic rings. The fraction of sp³-hybridized carbons (Fsp3) is 0.125. The molecule has 2 rings (SSSR count). The predicted octanol–water partition coefficient (Wildman–Crippen LogP) is 2.54. The van der Waals surface area contributed by atoms with Gasteiger partial charge in [-0.15, -0.1) is 0 Å². The van der Waals surface area contributed by atoms with Crippen LogP contribution in [0.3, 0.4) is 0 Å². The Morgan fingerprint density at radius 2 is 2.00 bits per heavy atom. The van der Waals surface area contributed by atoms with Crippen LogP contribution in [0.1, 0.15) is 5.56 Å². The molecule has 0 unspecified atom stereocenters. The number of aromatic nitrogens is 4. The van der Waals surface area contributed by atoms with Crippen molar-refractivity contribution in [2.45, 2.75) is 6.18 Å². The van der Waals surface area contributed by atoms with Gasteiger partial charge in [-0.25, -0.2) is 4.98 Å². The number of hydrogen-bond donors (Lipinski definition) is 1. The topological polar surface area (TPSA) is 54.5 Å². The summed E-state index contributed by atoms with van der Waals surface area (Å²) in [6, 6.07) is 0.798. The van der Waals surface area contributed by atoms with Gasteiger partial charge in [0, 0.05) is 6.20 Å². The molecule has 0 spiro atoms. The summed E-state index contributed by atoms with van der Waals surface area (Å²) in [5, 5.41) is 5.88. The molecule has 0 atom stereocenters. The van der Waals surface area contributed by atoms with Crippen LogP contribution in [0.15, 0.2) is 18.6 Å². The smallest absolute Gasteiger partial charge is 0.258 e. The zero-order valence-electron chi connectivity index (χ0n) is 7.59. The van der Waals surface area contributed by atoms with Crippen molar-refractivity contribution in [3.63, 3.8) is 0 Å². The zero-order chi connectivity index (χ0) is 11.8. The fourth-order valence-corrected chi connectivity index (χ4v) is 1.34. The first-order valence-electron chi connectivity index (χ1n) is 4.07. The number of rotatable bonds is 1. The monoisotopic (exact) mass is 248 g/mol. The van der Waals surface area contributed by atoms with Crippen LogP contribution in [0, 0.1) is 0 Å². The average molecular weight is 249 g/mol. The van der Waals surface area contributed by atoms with Crippen molar-refractivity contribution in [2.75, 3.05) is 0 Å². The van der Waals surface area contributed by atoms with Crippen LogP contribution in [0.25, 0.3) is 11.5 Å². The summed E-state index contributed by atoms with van der Waals surface area (Å²) in [5.74, 6) is 0.221. The number of alkyl halides is 3. The van der Waals surface area contributed by atoms with Gasteiger partial charge < -0.3 is 0 Å². The Morgan fingerprint density at radius 3 is 2.50 bits per heavy atom. The number of nitrogens with one attached hydrogen (secondary N) is 1. The first-order chi connectivity index (χ1) is 7.48. The molecule has 1 N–H and O–H groups in total. The maximum atomic E-state index is 12.3. The lowest BCUT2D eigenvalue weighted by Gasteiger charge is -2.07. The molecule has 4 nitrogen and oxygen atoms in total. The molecule has 0 fully saturated rings. The van der Waals surface area contributed by atoms with Gasteiger partial charge in [-0.05, 0) is 6.07 Å². The summed E-state index contributed by atoms with van der Waals surface area (Å²) in [4.78, 5) is 7.35. The molecule has 2 aromatic heterocycles. The number of hydrogen-bond acceptors (Lipinski definition) is 3. The highest BCUT2D eigenvalue weighted by molar-refractivity contribution is 6.32. The number of halogens is 4. The Kier molecular flexibility index (Phi) is 2.55. The molecule has 0 aliphatic heterocycles. The minimum Gasteiger partial charge on any atom is -0.258 e. The van der Waals surface area contributed by atoms with E-state index in [9.17, 15) is 13.2 Å². The highest BCUT2D eigenvalue weighted by atomic mass is 35.5. The van der Waals surface area contributed by atoms with Gasteiger partial charge in [0.05, 0.1) is 10.6 Å². The van der Waals surface area contributed by atoms with Crippen molar-refractivity contribution >= 4 is 11.6 Å². The van der Waals surface area contributed by atoms with Gasteiger partial charge in [0.15, 0.2) is 5.82 Å². The molecule has 0 radical (unpaired) electrons. The Hall–Kier alpha value is -1.63. The molecular weight excluding hydrogens is 245 g/mol. The van der Waals surface area contributed by atoms with Crippen LogP contribution in [0.4, 0.5) is 13.2 Å². The average Bonchev–Trinajstić information content (AvgIpc) is 2.69. The van der Waals surface area contributed by atoms with E-state index in [2.05, 4.69) is 20.2 Å². The highest BCUT2D eigenvalue weighted by Gasteiger charge is 2.31. The van der Waals surface area contributed by atoms with Gasteiger partial charge in [0.25, 0.3) is 0 Å². The van der Waals surface area contributed by atoms with E-state index in [4.69, 9.17) is 11.6 Å². The van der Waals surface area contributed by atoms with E-state index < -0.39 is 11.7 Å². The lowest BCUT2D eigenvalue weighted by atomic mass is 10.2. The van der Waals surface area contributed by atoms with Crippen LogP contribution in [-0.4, -0.2) is 20.2 Å². The van der Waals surface area contributed by atoms with Crippen molar-refractivity contribution in [2.24, 2.45) is 0 Å². The summed E-state index contributed by atoms with van der Waals surface area (Å²) >= 11 is 5.68. The molecule has 16 heavy (non-hydrogen) atoms. The van der Waals surface area contributed by atoms with E-state index in [1.807, 2.05) is 0 Å². The van der Waals surface area contributed by atoms with E-state index in [-0.39, 0.29) is 16.5 Å². The van der Waals surface area contributed by atoms with Gasteiger partial charge in [-0.1, -0.05) is 11.6 Å². The molecule has 0 bridgehead atoms. The highest BCUT2D eigenvalue weighted by Crippen LogP contribution is 2.32. The summed E-state index contributed by atoms with van der Waals surface area (Å²) in [5.41, 5.74) is -0.770. The quantitative estimate of drug-likeness (QED) is 0.844. The van der Waals surface area contributed by atoms with E-state index in [0.29, 0.717) is 6.20 Å². The standard InChI is InChI=1S/C8H4ClF3N4/c9-5-1-4(8(10,11)12)2-13-6(5)7-14-3-15-16-7/h1-3H,(H,14,15,16). The minimum absolute atomic E-state index is 0.132. The number of nitrogens with zero attached hydrogens (tertiary/aromatic N) is 3. The molecule has 84 valence electrons. The maximum absolute atomic E-state index is 12.3. The van der Waals surface area contributed by atoms with Crippen LogP contribution in [0.5, 0.6) is 0 Å². The maximum Gasteiger partial charge on any atom is 0.417 e. The van der Waals surface area contributed by atoms with E-state index in [0.717, 1.165) is 6.07 Å². The third kappa shape index (κ3) is 1.99. The second-order valence-electron chi connectivity index (χ2n) is 2.89. The van der Waals surface area contributed by atoms with Gasteiger partial charge in [-0.2, -0.15) is 18.3 Å². The van der Waals surface area contributed by atoms with Crippen LogP contribution < -0.4 is 0 Å². The Labute approximate surface area is 92.5 Å². The van der Waals surface area contributed by atoms with Gasteiger partial charge in [-0.3, -0.25) is 10.1 Å². The zero-order valence-corrected chi connectivity index (χ0v) is 8.34. The number of H-pyrrole nitrogens is 1. The van der Waals surface area contributed by atoms with Crippen LogP contribution in [-0.2, 0) is 6.18 Å². The third-order valence-corrected chi connectivity index (χ3v) is 2.10. The second kappa shape index (κ2) is 3.75. The number of aromatic amines is 1. The molecule has 8 heteroatoms.